The molecule has 0 saturated carbocycles. The minimum atomic E-state index is -1.40. The minimum Gasteiger partial charge on any atom is -0.497 e. The highest BCUT2D eigenvalue weighted by atomic mass is 32.3. The van der Waals surface area contributed by atoms with Crippen molar-refractivity contribution in [2.45, 2.75) is 31.4 Å². The summed E-state index contributed by atoms with van der Waals surface area (Å²) in [7, 11) is 2.21. The smallest absolute Gasteiger partial charge is 0.305 e. The Morgan fingerprint density at radius 1 is 1.22 bits per heavy atom. The van der Waals surface area contributed by atoms with Gasteiger partial charge in [-0.15, -0.1) is 0 Å². The second-order valence-electron chi connectivity index (χ2n) is 10.1. The Kier molecular flexibility index (Phi) is 8.78. The van der Waals surface area contributed by atoms with Crippen molar-refractivity contribution in [1.82, 2.24) is 4.90 Å². The van der Waals surface area contributed by atoms with Crippen molar-refractivity contribution in [2.24, 2.45) is 5.73 Å². The zero-order valence-corrected chi connectivity index (χ0v) is 22.8. The molecule has 0 radical (unpaired) electrons. The molecule has 2 aromatic rings. The van der Waals surface area contributed by atoms with Gasteiger partial charge in [0, 0.05) is 30.3 Å². The van der Waals surface area contributed by atoms with Gasteiger partial charge in [0.25, 0.3) is 5.91 Å². The summed E-state index contributed by atoms with van der Waals surface area (Å²) in [5.74, 6) is -0.864. The van der Waals surface area contributed by atoms with Crippen molar-refractivity contribution in [3.05, 3.63) is 58.9 Å². The number of esters is 1. The number of nitrogens with zero attached hydrogens (tertiary/aromatic N) is 1. The number of methoxy groups -OCH3 is 1. The van der Waals surface area contributed by atoms with Gasteiger partial charge in [-0.05, 0) is 54.5 Å². The molecule has 37 heavy (non-hydrogen) atoms. The van der Waals surface area contributed by atoms with E-state index < -0.39 is 33.2 Å². The van der Waals surface area contributed by atoms with E-state index in [2.05, 4.69) is 18.8 Å². The second kappa shape index (κ2) is 11.5. The number of nitrogens with two attached hydrogens (primary N) is 1. The first-order chi connectivity index (χ1) is 17.4. The van der Waals surface area contributed by atoms with E-state index in [1.807, 2.05) is 0 Å². The third kappa shape index (κ3) is 6.77. The van der Waals surface area contributed by atoms with Crippen molar-refractivity contribution in [1.29, 1.82) is 0 Å². The van der Waals surface area contributed by atoms with Gasteiger partial charge in [0.05, 0.1) is 19.2 Å². The number of rotatable bonds is 12. The fourth-order valence-electron chi connectivity index (χ4n) is 4.03. The average Bonchev–Trinajstić information content (AvgIpc) is 3.18. The Hall–Kier alpha value is -3.21. The number of carbonyl (C=O) groups is 3. The molecule has 11 heteroatoms. The lowest BCUT2D eigenvalue weighted by molar-refractivity contribution is -0.143. The van der Waals surface area contributed by atoms with E-state index >= 15 is 0 Å². The Balaban J connectivity index is 1.72. The van der Waals surface area contributed by atoms with Gasteiger partial charge >= 0.3 is 5.97 Å². The highest BCUT2D eigenvalue weighted by Gasteiger charge is 2.45. The van der Waals surface area contributed by atoms with Crippen LogP contribution in [0.1, 0.15) is 34.3 Å². The van der Waals surface area contributed by atoms with Crippen LogP contribution in [-0.4, -0.2) is 74.2 Å². The Morgan fingerprint density at radius 2 is 1.95 bits per heavy atom. The molecule has 0 aromatic heterocycles. The summed E-state index contributed by atoms with van der Waals surface area (Å²) in [5.41, 5.74) is 6.12. The number of ether oxygens (including phenoxy) is 3. The van der Waals surface area contributed by atoms with E-state index in [0.29, 0.717) is 29.0 Å². The monoisotopic (exact) mass is 532 g/mol. The minimum absolute atomic E-state index is 0.0168. The molecule has 1 atom stereocenters. The second-order valence-corrected chi connectivity index (χ2v) is 14.7. The Morgan fingerprint density at radius 3 is 2.57 bits per heavy atom. The number of halogens is 1. The molecule has 200 valence electrons. The van der Waals surface area contributed by atoms with Crippen LogP contribution in [0.4, 0.5) is 4.39 Å². The van der Waals surface area contributed by atoms with Crippen LogP contribution >= 0.6 is 10.0 Å². The highest BCUT2D eigenvalue weighted by Crippen LogP contribution is 2.35. The SMILES string of the molecule is BC(CCC(=O)OCCS(C)(C)C)(C(N)=O)N1Cc2c(COc3ccc(OC)cc3F)cccc2C1=O. The van der Waals surface area contributed by atoms with Gasteiger partial charge < -0.3 is 24.8 Å². The van der Waals surface area contributed by atoms with Crippen molar-refractivity contribution >= 4 is 35.7 Å². The van der Waals surface area contributed by atoms with Crippen molar-refractivity contribution in [3.8, 4) is 11.5 Å². The molecular weight excluding hydrogens is 498 g/mol. The lowest BCUT2D eigenvalue weighted by Gasteiger charge is -2.36. The van der Waals surface area contributed by atoms with Crippen LogP contribution in [0.3, 0.4) is 0 Å². The number of benzene rings is 2. The predicted molar refractivity (Wildman–Crippen MR) is 144 cm³/mol. The lowest BCUT2D eigenvalue weighted by Crippen LogP contribution is -2.58. The van der Waals surface area contributed by atoms with Crippen LogP contribution in [0.15, 0.2) is 36.4 Å². The summed E-state index contributed by atoms with van der Waals surface area (Å²) in [6.07, 6.45) is 6.38. The molecule has 0 fully saturated rings. The van der Waals surface area contributed by atoms with Gasteiger partial charge in [0.2, 0.25) is 5.91 Å². The fourth-order valence-corrected chi connectivity index (χ4v) is 4.61. The number of amides is 2. The van der Waals surface area contributed by atoms with Crippen LogP contribution in [0.2, 0.25) is 0 Å². The summed E-state index contributed by atoms with van der Waals surface area (Å²) in [6, 6.07) is 9.45. The Bertz CT molecular complexity index is 1190. The number of primary amides is 1. The number of fused-ring (bicyclic) bond motifs is 1. The van der Waals surface area contributed by atoms with Crippen LogP contribution in [-0.2, 0) is 27.5 Å². The third-order valence-electron chi connectivity index (χ3n) is 6.49. The van der Waals surface area contributed by atoms with Crippen LogP contribution in [0, 0.1) is 5.82 Å². The third-order valence-corrected chi connectivity index (χ3v) is 7.88. The first-order valence-electron chi connectivity index (χ1n) is 11.9. The molecule has 0 aliphatic carbocycles. The van der Waals surface area contributed by atoms with E-state index in [0.717, 1.165) is 5.75 Å². The standard InChI is InChI=1S/C26H34BFN2O6S/c1-34-18-8-9-22(21(28)14-18)36-16-17-6-5-7-19-20(17)15-30(24(19)32)26(27,25(29)33)11-10-23(31)35-12-13-37(2,3)4/h5-9,14H,10-13,15-16,27H2,1-4H3,(H2,29,33). The first kappa shape index (κ1) is 28.4. The summed E-state index contributed by atoms with van der Waals surface area (Å²) in [4.78, 5) is 39.6. The molecule has 1 unspecified atom stereocenters. The topological polar surface area (TPSA) is 108 Å². The summed E-state index contributed by atoms with van der Waals surface area (Å²) >= 11 is 0. The fraction of sp³-hybridized carbons (Fsp3) is 0.423. The normalized spacial score (nSPS) is 15.1. The van der Waals surface area contributed by atoms with E-state index in [4.69, 9.17) is 19.9 Å². The van der Waals surface area contributed by atoms with Gasteiger partial charge in [-0.25, -0.2) is 14.4 Å². The van der Waals surface area contributed by atoms with E-state index in [9.17, 15) is 18.8 Å². The van der Waals surface area contributed by atoms with E-state index in [1.54, 1.807) is 32.1 Å². The molecule has 8 nitrogen and oxygen atoms in total. The maximum absolute atomic E-state index is 14.3. The highest BCUT2D eigenvalue weighted by molar-refractivity contribution is 8.32. The van der Waals surface area contributed by atoms with Crippen LogP contribution < -0.4 is 15.2 Å². The Labute approximate surface area is 219 Å². The number of carbonyl (C=O) groups excluding carboxylic acids is 3. The van der Waals surface area contributed by atoms with Crippen LogP contribution in [0.25, 0.3) is 0 Å². The van der Waals surface area contributed by atoms with Crippen molar-refractivity contribution in [2.75, 3.05) is 38.2 Å². The molecule has 1 aliphatic heterocycles. The molecule has 1 aliphatic rings. The van der Waals surface area contributed by atoms with Gasteiger partial charge in [-0.1, -0.05) is 12.1 Å². The molecule has 0 bridgehead atoms. The van der Waals surface area contributed by atoms with Gasteiger partial charge in [-0.3, -0.25) is 14.4 Å². The molecule has 2 aromatic carbocycles. The first-order valence-corrected chi connectivity index (χ1v) is 14.9. The molecule has 0 saturated heterocycles. The largest absolute Gasteiger partial charge is 0.497 e. The van der Waals surface area contributed by atoms with Crippen molar-refractivity contribution in [3.63, 3.8) is 0 Å². The zero-order chi connectivity index (χ0) is 27.4. The van der Waals surface area contributed by atoms with E-state index in [1.165, 1.54) is 24.1 Å². The van der Waals surface area contributed by atoms with Crippen molar-refractivity contribution < 1.29 is 33.0 Å². The summed E-state index contributed by atoms with van der Waals surface area (Å²) in [6.45, 7) is 0.445. The molecule has 3 rings (SSSR count). The summed E-state index contributed by atoms with van der Waals surface area (Å²) in [5, 5.41) is 0. The molecule has 1 heterocycles. The lowest BCUT2D eigenvalue weighted by atomic mass is 9.72. The number of hydrogen-bond donors (Lipinski definition) is 1. The molecule has 2 N–H and O–H groups in total. The maximum Gasteiger partial charge on any atom is 0.305 e. The predicted octanol–water partition coefficient (Wildman–Crippen LogP) is 2.20. The van der Waals surface area contributed by atoms with Gasteiger partial charge in [0.15, 0.2) is 11.6 Å². The zero-order valence-electron chi connectivity index (χ0n) is 22.0. The van der Waals surface area contributed by atoms with Gasteiger partial charge in [-0.2, -0.15) is 0 Å². The number of hydrogen-bond acceptors (Lipinski definition) is 6. The summed E-state index contributed by atoms with van der Waals surface area (Å²) < 4.78 is 30.3. The molecular formula is C26H34BFN2O6S. The van der Waals surface area contributed by atoms with Crippen LogP contribution in [0.5, 0.6) is 11.5 Å². The van der Waals surface area contributed by atoms with E-state index in [-0.39, 0.29) is 37.6 Å². The molecule has 2 amide bonds. The average molecular weight is 532 g/mol. The van der Waals surface area contributed by atoms with Gasteiger partial charge in [0.1, 0.15) is 20.2 Å². The molecule has 0 spiro atoms. The quantitative estimate of drug-likeness (QED) is 0.332. The maximum atomic E-state index is 14.3.